The Hall–Kier alpha value is -0.0151. The second-order valence-electron chi connectivity index (χ2n) is 7.43. The number of nitrogens with two attached hydrogens (primary N) is 2. The molecule has 106 valence electrons. The molecule has 0 saturated heterocycles. The highest BCUT2D eigenvalue weighted by Gasteiger charge is 2.25. The number of hydrogen-bond donors (Lipinski definition) is 2. The first-order valence-electron chi connectivity index (χ1n) is 7.34. The first kappa shape index (κ1) is 18.0. The summed E-state index contributed by atoms with van der Waals surface area (Å²) in [6.07, 6.45) is 7.52. The van der Waals surface area contributed by atoms with Gasteiger partial charge in [-0.05, 0) is 39.5 Å². The van der Waals surface area contributed by atoms with Gasteiger partial charge < -0.3 is 11.5 Å². The Morgan fingerprint density at radius 1 is 0.833 bits per heavy atom. The Bertz CT molecular complexity index is 229. The van der Waals surface area contributed by atoms with E-state index in [2.05, 4.69) is 20.8 Å². The van der Waals surface area contributed by atoms with Gasteiger partial charge in [-0.15, -0.1) is 0 Å². The predicted octanol–water partition coefficient (Wildman–Crippen LogP) is 3.54. The molecule has 2 radical (unpaired) electrons. The van der Waals surface area contributed by atoms with E-state index in [4.69, 9.17) is 19.3 Å². The maximum absolute atomic E-state index is 6.30. The Labute approximate surface area is 116 Å². The zero-order valence-corrected chi connectivity index (χ0v) is 13.2. The van der Waals surface area contributed by atoms with Crippen LogP contribution >= 0.6 is 0 Å². The molecule has 0 aromatic carbocycles. The predicted molar refractivity (Wildman–Crippen MR) is 83.0 cm³/mol. The number of hydrogen-bond acceptors (Lipinski definition) is 2. The summed E-state index contributed by atoms with van der Waals surface area (Å²) in [5.41, 5.74) is 12.4. The lowest BCUT2D eigenvalue weighted by Crippen LogP contribution is -2.39. The lowest BCUT2D eigenvalue weighted by atomic mass is 9.65. The van der Waals surface area contributed by atoms with Gasteiger partial charge in [0.25, 0.3) is 0 Å². The fourth-order valence-corrected chi connectivity index (χ4v) is 2.88. The first-order valence-corrected chi connectivity index (χ1v) is 7.34. The Morgan fingerprint density at radius 3 is 1.67 bits per heavy atom. The molecule has 2 atom stereocenters. The van der Waals surface area contributed by atoms with Gasteiger partial charge in [-0.2, -0.15) is 0 Å². The van der Waals surface area contributed by atoms with Gasteiger partial charge in [-0.1, -0.05) is 45.3 Å². The van der Waals surface area contributed by atoms with Gasteiger partial charge >= 0.3 is 0 Å². The largest absolute Gasteiger partial charge is 0.325 e. The van der Waals surface area contributed by atoms with Crippen LogP contribution < -0.4 is 11.5 Å². The molecule has 0 heterocycles. The maximum Gasteiger partial charge on any atom is 0.0739 e. The van der Waals surface area contributed by atoms with E-state index in [0.29, 0.717) is 0 Å². The summed E-state index contributed by atoms with van der Waals surface area (Å²) in [7, 11) is 6.03. The maximum atomic E-state index is 6.30. The fourth-order valence-electron chi connectivity index (χ4n) is 2.88. The lowest BCUT2D eigenvalue weighted by Gasteiger charge is -2.33. The molecule has 3 heteroatoms. The second kappa shape index (κ2) is 6.95. The van der Waals surface area contributed by atoms with Crippen molar-refractivity contribution in [3.8, 4) is 0 Å². The molecule has 4 N–H and O–H groups in total. The molecule has 0 bridgehead atoms. The van der Waals surface area contributed by atoms with Crippen LogP contribution in [0.2, 0.25) is 5.31 Å². The Balaban J connectivity index is 3.90. The topological polar surface area (TPSA) is 52.0 Å². The molecule has 2 nitrogen and oxygen atoms in total. The molecule has 0 amide bonds. The number of unbranched alkanes of at least 4 members (excludes halogenated alkanes) is 1. The summed E-state index contributed by atoms with van der Waals surface area (Å²) >= 11 is 0. The molecule has 18 heavy (non-hydrogen) atoms. The average Bonchev–Trinajstić information content (AvgIpc) is 2.08. The smallest absolute Gasteiger partial charge is 0.0739 e. The molecular formula is C15H33BN2. The molecule has 0 spiro atoms. The second-order valence-corrected chi connectivity index (χ2v) is 7.43. The van der Waals surface area contributed by atoms with E-state index in [0.717, 1.165) is 44.9 Å². The zero-order valence-electron chi connectivity index (χ0n) is 13.2. The van der Waals surface area contributed by atoms with Crippen LogP contribution in [0, 0.1) is 0 Å². The van der Waals surface area contributed by atoms with Gasteiger partial charge in [0.1, 0.15) is 0 Å². The summed E-state index contributed by atoms with van der Waals surface area (Å²) in [6.45, 7) is 10.5. The van der Waals surface area contributed by atoms with Crippen molar-refractivity contribution < 1.29 is 0 Å². The van der Waals surface area contributed by atoms with Crippen molar-refractivity contribution in [2.45, 2.75) is 96.0 Å². The molecular weight excluding hydrogens is 219 g/mol. The molecule has 0 fully saturated rings. The highest BCUT2D eigenvalue weighted by molar-refractivity contribution is 6.14. The molecule has 0 aliphatic rings. The average molecular weight is 252 g/mol. The van der Waals surface area contributed by atoms with Crippen molar-refractivity contribution in [3.05, 3.63) is 0 Å². The van der Waals surface area contributed by atoms with Crippen molar-refractivity contribution in [2.24, 2.45) is 11.5 Å². The molecule has 0 rings (SSSR count). The van der Waals surface area contributed by atoms with Gasteiger partial charge in [0.2, 0.25) is 0 Å². The molecule has 0 aromatic rings. The minimum Gasteiger partial charge on any atom is -0.325 e. The van der Waals surface area contributed by atoms with Gasteiger partial charge in [-0.3, -0.25) is 0 Å². The van der Waals surface area contributed by atoms with Crippen LogP contribution in [0.5, 0.6) is 0 Å². The van der Waals surface area contributed by atoms with Crippen LogP contribution in [-0.2, 0) is 0 Å². The molecule has 2 unspecified atom stereocenters. The van der Waals surface area contributed by atoms with Crippen LogP contribution in [0.4, 0.5) is 0 Å². The summed E-state index contributed by atoms with van der Waals surface area (Å²) in [5.74, 6) is 0. The third kappa shape index (κ3) is 9.96. The normalized spacial score (nSPS) is 19.3. The van der Waals surface area contributed by atoms with Crippen LogP contribution in [0.3, 0.4) is 0 Å². The molecule has 0 aromatic heterocycles. The van der Waals surface area contributed by atoms with E-state index in [-0.39, 0.29) is 16.4 Å². The van der Waals surface area contributed by atoms with E-state index < -0.39 is 0 Å². The van der Waals surface area contributed by atoms with Gasteiger partial charge in [0.05, 0.1) is 7.85 Å². The minimum absolute atomic E-state index is 0.00706. The van der Waals surface area contributed by atoms with Gasteiger partial charge in [0.15, 0.2) is 0 Å². The van der Waals surface area contributed by atoms with E-state index in [1.54, 1.807) is 0 Å². The number of rotatable bonds is 9. The van der Waals surface area contributed by atoms with Crippen molar-refractivity contribution in [1.82, 2.24) is 0 Å². The zero-order chi connectivity index (χ0) is 14.4. The fraction of sp³-hybridized carbons (Fsp3) is 1.00. The van der Waals surface area contributed by atoms with Crippen molar-refractivity contribution in [2.75, 3.05) is 0 Å². The SMILES string of the molecule is [B]C(C)(C)CC(C)(N)CCCCC(C)(N)CCC. The van der Waals surface area contributed by atoms with Crippen LogP contribution in [0.1, 0.15) is 79.6 Å². The summed E-state index contributed by atoms with van der Waals surface area (Å²) in [4.78, 5) is 0. The Morgan fingerprint density at radius 2 is 1.28 bits per heavy atom. The molecule has 0 aliphatic carbocycles. The summed E-state index contributed by atoms with van der Waals surface area (Å²) in [5, 5.41) is -0.186. The van der Waals surface area contributed by atoms with Crippen molar-refractivity contribution in [3.63, 3.8) is 0 Å². The lowest BCUT2D eigenvalue weighted by molar-refractivity contribution is 0.325. The van der Waals surface area contributed by atoms with Crippen LogP contribution in [0.15, 0.2) is 0 Å². The van der Waals surface area contributed by atoms with E-state index >= 15 is 0 Å². The summed E-state index contributed by atoms with van der Waals surface area (Å²) in [6, 6.07) is 0. The van der Waals surface area contributed by atoms with E-state index in [1.807, 2.05) is 13.8 Å². The standard InChI is InChI=1S/C15H33BN2/c1-6-9-14(4,17)10-7-8-11-15(5,18)12-13(2,3)16/h6-12,17-18H2,1-5H3. The van der Waals surface area contributed by atoms with Crippen LogP contribution in [0.25, 0.3) is 0 Å². The first-order chi connectivity index (χ1) is 7.97. The van der Waals surface area contributed by atoms with Gasteiger partial charge in [-0.25, -0.2) is 0 Å². The van der Waals surface area contributed by atoms with E-state index in [1.165, 1.54) is 0 Å². The van der Waals surface area contributed by atoms with Gasteiger partial charge in [0, 0.05) is 11.1 Å². The van der Waals surface area contributed by atoms with Crippen molar-refractivity contribution in [1.29, 1.82) is 0 Å². The third-order valence-electron chi connectivity index (χ3n) is 3.43. The Kier molecular flexibility index (Phi) is 6.95. The highest BCUT2D eigenvalue weighted by atomic mass is 14.7. The quantitative estimate of drug-likeness (QED) is 0.487. The monoisotopic (exact) mass is 252 g/mol. The summed E-state index contributed by atoms with van der Waals surface area (Å²) < 4.78 is 0. The molecule has 0 aliphatic heterocycles. The van der Waals surface area contributed by atoms with E-state index in [9.17, 15) is 0 Å². The minimum atomic E-state index is -0.186. The third-order valence-corrected chi connectivity index (χ3v) is 3.43. The highest BCUT2D eigenvalue weighted by Crippen LogP contribution is 2.32. The van der Waals surface area contributed by atoms with Crippen LogP contribution in [-0.4, -0.2) is 18.9 Å². The molecule has 0 saturated carbocycles. The van der Waals surface area contributed by atoms with Crippen molar-refractivity contribution >= 4 is 7.85 Å².